The van der Waals surface area contributed by atoms with Crippen molar-refractivity contribution in [3.63, 3.8) is 0 Å². The Hall–Kier alpha value is -0.500. The average molecular weight is 351 g/mol. The molecule has 0 aliphatic carbocycles. The fourth-order valence-corrected chi connectivity index (χ4v) is 3.95. The SMILES string of the molecule is CCCCCCCCCCCCCCSC[n+]1ccc(CC)cc1. The van der Waals surface area contributed by atoms with E-state index in [1.807, 2.05) is 0 Å². The van der Waals surface area contributed by atoms with Crippen LogP contribution >= 0.6 is 11.8 Å². The molecule has 1 nitrogen and oxygen atoms in total. The van der Waals surface area contributed by atoms with Crippen molar-refractivity contribution >= 4 is 11.8 Å². The van der Waals surface area contributed by atoms with Gasteiger partial charge in [0.2, 0.25) is 0 Å². The van der Waals surface area contributed by atoms with Gasteiger partial charge in [-0.2, -0.15) is 4.57 Å². The van der Waals surface area contributed by atoms with Gasteiger partial charge >= 0.3 is 0 Å². The predicted octanol–water partition coefficient (Wildman–Crippen LogP) is 6.93. The zero-order valence-corrected chi connectivity index (χ0v) is 17.1. The molecule has 24 heavy (non-hydrogen) atoms. The molecule has 2 heteroatoms. The molecule has 0 N–H and O–H groups in total. The minimum absolute atomic E-state index is 1.10. The summed E-state index contributed by atoms with van der Waals surface area (Å²) in [5.74, 6) is 2.40. The third-order valence-electron chi connectivity index (χ3n) is 4.75. The third-order valence-corrected chi connectivity index (χ3v) is 5.81. The normalized spacial score (nSPS) is 11.1. The first-order valence-electron chi connectivity index (χ1n) is 10.4. The van der Waals surface area contributed by atoms with Gasteiger partial charge in [0, 0.05) is 12.1 Å². The van der Waals surface area contributed by atoms with E-state index >= 15 is 0 Å². The number of hydrogen-bond acceptors (Lipinski definition) is 1. The average Bonchev–Trinajstić information content (AvgIpc) is 2.62. The maximum atomic E-state index is 2.30. The molecule has 0 unspecified atom stereocenters. The zero-order chi connectivity index (χ0) is 17.3. The fourth-order valence-electron chi connectivity index (χ4n) is 3.03. The summed E-state index contributed by atoms with van der Waals surface area (Å²) in [7, 11) is 0. The van der Waals surface area contributed by atoms with E-state index in [0.29, 0.717) is 0 Å². The Bertz CT molecular complexity index is 374. The van der Waals surface area contributed by atoms with E-state index in [1.54, 1.807) is 0 Å². The van der Waals surface area contributed by atoms with Crippen LogP contribution in [0.4, 0.5) is 0 Å². The van der Waals surface area contributed by atoms with Gasteiger partial charge < -0.3 is 0 Å². The zero-order valence-electron chi connectivity index (χ0n) is 16.3. The minimum Gasteiger partial charge on any atom is -0.195 e. The predicted molar refractivity (Wildman–Crippen MR) is 110 cm³/mol. The molecule has 0 radical (unpaired) electrons. The summed E-state index contributed by atoms with van der Waals surface area (Å²) in [5, 5.41) is 0. The monoisotopic (exact) mass is 350 g/mol. The highest BCUT2D eigenvalue weighted by Crippen LogP contribution is 2.13. The van der Waals surface area contributed by atoms with Crippen LogP contribution in [0.2, 0.25) is 0 Å². The van der Waals surface area contributed by atoms with Crippen molar-refractivity contribution in [3.05, 3.63) is 30.1 Å². The van der Waals surface area contributed by atoms with Gasteiger partial charge in [-0.1, -0.05) is 96.2 Å². The van der Waals surface area contributed by atoms with Gasteiger partial charge in [-0.25, -0.2) is 0 Å². The van der Waals surface area contributed by atoms with Crippen LogP contribution in [0.3, 0.4) is 0 Å². The van der Waals surface area contributed by atoms with Gasteiger partial charge in [0.1, 0.15) is 0 Å². The van der Waals surface area contributed by atoms with Crippen LogP contribution in [0.25, 0.3) is 0 Å². The molecule has 1 heterocycles. The standard InChI is InChI=1S/C22H40NS/c1-3-5-6-7-8-9-10-11-12-13-14-15-20-24-21-23-18-16-22(4-2)17-19-23/h16-19H,3-15,20-21H2,1-2H3/q+1. The van der Waals surface area contributed by atoms with Gasteiger partial charge in [0.15, 0.2) is 18.3 Å². The molecule has 0 fully saturated rings. The lowest BCUT2D eigenvalue weighted by atomic mass is 10.1. The Morgan fingerprint density at radius 1 is 0.708 bits per heavy atom. The van der Waals surface area contributed by atoms with Crippen molar-refractivity contribution in [2.45, 2.75) is 103 Å². The van der Waals surface area contributed by atoms with Crippen molar-refractivity contribution in [1.29, 1.82) is 0 Å². The molecule has 0 aliphatic heterocycles. The number of unbranched alkanes of at least 4 members (excludes halogenated alkanes) is 11. The number of thioether (sulfide) groups is 1. The van der Waals surface area contributed by atoms with Crippen LogP contribution < -0.4 is 4.57 Å². The molecular formula is C22H40NS+. The van der Waals surface area contributed by atoms with E-state index in [1.165, 1.54) is 88.4 Å². The lowest BCUT2D eigenvalue weighted by Gasteiger charge is -2.03. The second-order valence-electron chi connectivity index (χ2n) is 7.00. The van der Waals surface area contributed by atoms with Crippen LogP contribution in [-0.2, 0) is 12.3 Å². The quantitative estimate of drug-likeness (QED) is 0.231. The summed E-state index contributed by atoms with van der Waals surface area (Å²) >= 11 is 2.06. The molecule has 0 bridgehead atoms. The smallest absolute Gasteiger partial charge is 0.194 e. The molecule has 0 aromatic carbocycles. The molecule has 0 saturated carbocycles. The summed E-state index contributed by atoms with van der Waals surface area (Å²) in [6.07, 6.45) is 22.8. The molecular weight excluding hydrogens is 310 g/mol. The van der Waals surface area contributed by atoms with E-state index in [9.17, 15) is 0 Å². The Labute approximate surface area is 155 Å². The summed E-state index contributed by atoms with van der Waals surface area (Å²) < 4.78 is 2.30. The molecule has 138 valence electrons. The van der Waals surface area contributed by atoms with Gasteiger partial charge in [-0.3, -0.25) is 0 Å². The first kappa shape index (κ1) is 21.5. The number of nitrogens with zero attached hydrogens (tertiary/aromatic N) is 1. The lowest BCUT2D eigenvalue weighted by molar-refractivity contribution is -0.676. The summed E-state index contributed by atoms with van der Waals surface area (Å²) in [6.45, 7) is 4.50. The molecule has 1 aromatic rings. The Morgan fingerprint density at radius 2 is 1.21 bits per heavy atom. The van der Waals surface area contributed by atoms with Gasteiger partial charge in [-0.15, -0.1) is 0 Å². The topological polar surface area (TPSA) is 3.88 Å². The Morgan fingerprint density at radius 3 is 1.71 bits per heavy atom. The van der Waals surface area contributed by atoms with E-state index in [4.69, 9.17) is 0 Å². The Kier molecular flexibility index (Phi) is 14.4. The van der Waals surface area contributed by atoms with E-state index in [0.717, 1.165) is 12.3 Å². The van der Waals surface area contributed by atoms with Crippen molar-refractivity contribution in [2.75, 3.05) is 5.75 Å². The molecule has 0 aliphatic rings. The number of pyridine rings is 1. The maximum Gasteiger partial charge on any atom is 0.194 e. The van der Waals surface area contributed by atoms with Gasteiger partial charge in [0.25, 0.3) is 0 Å². The Balaban J connectivity index is 1.80. The van der Waals surface area contributed by atoms with Crippen molar-refractivity contribution in [3.8, 4) is 0 Å². The molecule has 0 saturated heterocycles. The van der Waals surface area contributed by atoms with E-state index < -0.39 is 0 Å². The summed E-state index contributed by atoms with van der Waals surface area (Å²) in [5.41, 5.74) is 1.43. The summed E-state index contributed by atoms with van der Waals surface area (Å²) in [6, 6.07) is 4.48. The van der Waals surface area contributed by atoms with Crippen molar-refractivity contribution < 1.29 is 4.57 Å². The second kappa shape index (κ2) is 16.0. The molecule has 0 amide bonds. The molecule has 0 atom stereocenters. The van der Waals surface area contributed by atoms with Crippen LogP contribution in [0.1, 0.15) is 96.5 Å². The van der Waals surface area contributed by atoms with Crippen LogP contribution in [-0.4, -0.2) is 5.75 Å². The van der Waals surface area contributed by atoms with Crippen LogP contribution in [0.5, 0.6) is 0 Å². The highest BCUT2D eigenvalue weighted by atomic mass is 32.2. The van der Waals surface area contributed by atoms with E-state index in [2.05, 4.69) is 54.7 Å². The molecule has 0 spiro atoms. The first-order valence-corrected chi connectivity index (χ1v) is 11.6. The maximum absolute atomic E-state index is 2.30. The minimum atomic E-state index is 1.10. The fraction of sp³-hybridized carbons (Fsp3) is 0.773. The number of aromatic nitrogens is 1. The van der Waals surface area contributed by atoms with Gasteiger partial charge in [-0.05, 0) is 24.2 Å². The number of rotatable bonds is 16. The van der Waals surface area contributed by atoms with E-state index in [-0.39, 0.29) is 0 Å². The lowest BCUT2D eigenvalue weighted by Crippen LogP contribution is -2.31. The largest absolute Gasteiger partial charge is 0.195 e. The second-order valence-corrected chi connectivity index (χ2v) is 8.08. The number of hydrogen-bond donors (Lipinski definition) is 0. The van der Waals surface area contributed by atoms with Crippen molar-refractivity contribution in [2.24, 2.45) is 0 Å². The van der Waals surface area contributed by atoms with Crippen molar-refractivity contribution in [1.82, 2.24) is 0 Å². The van der Waals surface area contributed by atoms with Crippen LogP contribution in [0, 0.1) is 0 Å². The highest BCUT2D eigenvalue weighted by Gasteiger charge is 2.00. The first-order chi connectivity index (χ1) is 11.9. The molecule has 1 rings (SSSR count). The molecule has 1 aromatic heterocycles. The summed E-state index contributed by atoms with van der Waals surface area (Å²) in [4.78, 5) is 0. The highest BCUT2D eigenvalue weighted by molar-refractivity contribution is 7.98. The van der Waals surface area contributed by atoms with Gasteiger partial charge in [0.05, 0.1) is 0 Å². The third kappa shape index (κ3) is 11.9. The number of aryl methyl sites for hydroxylation is 1. The van der Waals surface area contributed by atoms with Crippen LogP contribution in [0.15, 0.2) is 24.5 Å².